The number of aromatic nitrogens is 5. The molecule has 6 nitrogen and oxygen atoms in total. The van der Waals surface area contributed by atoms with Crippen molar-refractivity contribution in [1.82, 2.24) is 24.9 Å². The van der Waals surface area contributed by atoms with E-state index in [4.69, 9.17) is 0 Å². The van der Waals surface area contributed by atoms with E-state index < -0.39 is 11.7 Å². The van der Waals surface area contributed by atoms with Gasteiger partial charge < -0.3 is 10.3 Å². The number of nitrogens with one attached hydrogen (secondary N) is 2. The van der Waals surface area contributed by atoms with Crippen LogP contribution in [0.5, 0.6) is 0 Å². The van der Waals surface area contributed by atoms with Crippen LogP contribution < -0.4 is 5.32 Å². The van der Waals surface area contributed by atoms with Crippen molar-refractivity contribution in [2.45, 2.75) is 19.1 Å². The largest absolute Gasteiger partial charge is 0.418 e. The lowest BCUT2D eigenvalue weighted by molar-refractivity contribution is -0.136. The van der Waals surface area contributed by atoms with Crippen LogP contribution in [-0.2, 0) is 6.18 Å². The number of halogens is 3. The molecule has 3 aromatic rings. The maximum atomic E-state index is 13.1. The number of alkyl halides is 3. The lowest BCUT2D eigenvalue weighted by Crippen LogP contribution is -2.11. The molecule has 3 rings (SSSR count). The van der Waals surface area contributed by atoms with Gasteiger partial charge in [-0.1, -0.05) is 0 Å². The molecule has 0 spiro atoms. The van der Waals surface area contributed by atoms with Gasteiger partial charge in [-0.15, -0.1) is 0 Å². The van der Waals surface area contributed by atoms with Gasteiger partial charge >= 0.3 is 6.18 Å². The summed E-state index contributed by atoms with van der Waals surface area (Å²) in [6.07, 6.45) is 2.16. The maximum absolute atomic E-state index is 13.1. The van der Waals surface area contributed by atoms with E-state index in [1.807, 2.05) is 0 Å². The fourth-order valence-electron chi connectivity index (χ4n) is 2.12. The van der Waals surface area contributed by atoms with Crippen LogP contribution in [0.1, 0.15) is 24.1 Å². The Balaban J connectivity index is 2.02. The van der Waals surface area contributed by atoms with E-state index in [-0.39, 0.29) is 22.9 Å². The highest BCUT2D eigenvalue weighted by molar-refractivity contribution is 5.90. The molecule has 0 aliphatic heterocycles. The zero-order chi connectivity index (χ0) is 15.7. The van der Waals surface area contributed by atoms with Crippen LogP contribution in [0, 0.1) is 0 Å². The first-order valence-electron chi connectivity index (χ1n) is 6.37. The highest BCUT2D eigenvalue weighted by atomic mass is 19.4. The van der Waals surface area contributed by atoms with Crippen molar-refractivity contribution in [3.63, 3.8) is 0 Å². The minimum absolute atomic E-state index is 0.0845. The molecule has 2 N–H and O–H groups in total. The second kappa shape index (κ2) is 5.24. The summed E-state index contributed by atoms with van der Waals surface area (Å²) in [5, 5.41) is 2.86. The molecular weight excluding hydrogens is 297 g/mol. The fourth-order valence-corrected chi connectivity index (χ4v) is 2.12. The van der Waals surface area contributed by atoms with Crippen molar-refractivity contribution < 1.29 is 13.2 Å². The van der Waals surface area contributed by atoms with E-state index in [1.54, 1.807) is 19.3 Å². The Morgan fingerprint density at radius 3 is 2.55 bits per heavy atom. The van der Waals surface area contributed by atoms with Gasteiger partial charge in [0.2, 0.25) is 0 Å². The summed E-state index contributed by atoms with van der Waals surface area (Å²) in [4.78, 5) is 18.0. The monoisotopic (exact) mass is 308 g/mol. The molecule has 0 amide bonds. The van der Waals surface area contributed by atoms with Crippen LogP contribution in [0.3, 0.4) is 0 Å². The van der Waals surface area contributed by atoms with Crippen LogP contribution in [0.2, 0.25) is 0 Å². The molecule has 22 heavy (non-hydrogen) atoms. The summed E-state index contributed by atoms with van der Waals surface area (Å²) < 4.78 is 39.2. The summed E-state index contributed by atoms with van der Waals surface area (Å²) in [6, 6.07) is -0.310. The maximum Gasteiger partial charge on any atom is 0.418 e. The third-order valence-electron chi connectivity index (χ3n) is 3.21. The van der Waals surface area contributed by atoms with Crippen molar-refractivity contribution in [2.24, 2.45) is 0 Å². The summed E-state index contributed by atoms with van der Waals surface area (Å²) in [6.45, 7) is 1.78. The Labute approximate surface area is 122 Å². The predicted octanol–water partition coefficient (Wildman–Crippen LogP) is 2.94. The first-order chi connectivity index (χ1) is 10.5. The first kappa shape index (κ1) is 14.2. The van der Waals surface area contributed by atoms with E-state index in [0.717, 1.165) is 11.8 Å². The molecular formula is C13H11F3N6. The molecule has 3 aromatic heterocycles. The van der Waals surface area contributed by atoms with Gasteiger partial charge in [0, 0.05) is 24.2 Å². The third kappa shape index (κ3) is 2.57. The number of anilines is 1. The molecule has 0 aromatic carbocycles. The van der Waals surface area contributed by atoms with Gasteiger partial charge in [0.25, 0.3) is 0 Å². The topological polar surface area (TPSA) is 79.4 Å². The number of H-pyrrole nitrogens is 1. The minimum Gasteiger partial charge on any atom is -0.363 e. The van der Waals surface area contributed by atoms with E-state index in [9.17, 15) is 13.2 Å². The predicted molar refractivity (Wildman–Crippen MR) is 73.0 cm³/mol. The molecule has 0 aliphatic rings. The number of rotatable bonds is 3. The Morgan fingerprint density at radius 1 is 1.14 bits per heavy atom. The molecule has 0 saturated carbocycles. The molecule has 114 valence electrons. The normalized spacial score (nSPS) is 13.3. The third-order valence-corrected chi connectivity index (χ3v) is 3.21. The fraction of sp³-hybridized carbons (Fsp3) is 0.231. The highest BCUT2D eigenvalue weighted by Gasteiger charge is 2.35. The van der Waals surface area contributed by atoms with Gasteiger partial charge in [0.05, 0.1) is 17.0 Å². The molecule has 0 bridgehead atoms. The number of hydrogen-bond donors (Lipinski definition) is 2. The molecule has 0 unspecified atom stereocenters. The zero-order valence-electron chi connectivity index (χ0n) is 11.4. The molecule has 9 heteroatoms. The minimum atomic E-state index is -4.49. The summed E-state index contributed by atoms with van der Waals surface area (Å²) in [7, 11) is 0. The molecule has 0 fully saturated rings. The van der Waals surface area contributed by atoms with Crippen LogP contribution in [0.25, 0.3) is 11.0 Å². The van der Waals surface area contributed by atoms with Crippen LogP contribution in [-0.4, -0.2) is 24.9 Å². The van der Waals surface area contributed by atoms with Gasteiger partial charge in [0.15, 0.2) is 0 Å². The average molecular weight is 308 g/mol. The lowest BCUT2D eigenvalue weighted by atomic mass is 10.1. The van der Waals surface area contributed by atoms with Crippen molar-refractivity contribution in [3.05, 3.63) is 42.4 Å². The van der Waals surface area contributed by atoms with E-state index >= 15 is 0 Å². The van der Waals surface area contributed by atoms with E-state index in [0.29, 0.717) is 0 Å². The lowest BCUT2D eigenvalue weighted by Gasteiger charge is -2.15. The SMILES string of the molecule is C[C@H](Nc1ncnc2[nH]cc(C(F)(F)F)c12)c1cncnc1. The standard InChI is InChI=1S/C13H11F3N6/c1-7(8-2-17-5-18-3-8)22-12-10-9(13(14,15)16)4-19-11(10)20-6-21-12/h2-7H,1H3,(H2,19,20,21,22)/t7-/m0/s1. The zero-order valence-corrected chi connectivity index (χ0v) is 11.4. The van der Waals surface area contributed by atoms with Gasteiger partial charge in [-0.2, -0.15) is 13.2 Å². The Bertz CT molecular complexity index is 783. The second-order valence-electron chi connectivity index (χ2n) is 4.68. The molecule has 3 heterocycles. The number of fused-ring (bicyclic) bond motifs is 1. The molecule has 0 saturated heterocycles. The summed E-state index contributed by atoms with van der Waals surface area (Å²) in [5.74, 6) is 0.106. The number of aromatic amines is 1. The quantitative estimate of drug-likeness (QED) is 0.777. The first-order valence-corrected chi connectivity index (χ1v) is 6.37. The average Bonchev–Trinajstić information content (AvgIpc) is 2.93. The van der Waals surface area contributed by atoms with Gasteiger partial charge in [-0.05, 0) is 6.92 Å². The van der Waals surface area contributed by atoms with E-state index in [2.05, 4.69) is 30.2 Å². The van der Waals surface area contributed by atoms with E-state index in [1.165, 1.54) is 12.7 Å². The molecule has 0 radical (unpaired) electrons. The second-order valence-corrected chi connectivity index (χ2v) is 4.68. The Kier molecular flexibility index (Phi) is 3.39. The Hall–Kier alpha value is -2.71. The van der Waals surface area contributed by atoms with Gasteiger partial charge in [0.1, 0.15) is 24.1 Å². The van der Waals surface area contributed by atoms with Crippen LogP contribution in [0.15, 0.2) is 31.2 Å². The Morgan fingerprint density at radius 2 is 1.86 bits per heavy atom. The van der Waals surface area contributed by atoms with Crippen LogP contribution in [0.4, 0.5) is 19.0 Å². The van der Waals surface area contributed by atoms with Crippen molar-refractivity contribution in [3.8, 4) is 0 Å². The van der Waals surface area contributed by atoms with Crippen LogP contribution >= 0.6 is 0 Å². The van der Waals surface area contributed by atoms with Crippen molar-refractivity contribution >= 4 is 16.9 Å². The van der Waals surface area contributed by atoms with Crippen molar-refractivity contribution in [1.29, 1.82) is 0 Å². The smallest absolute Gasteiger partial charge is 0.363 e. The van der Waals surface area contributed by atoms with Gasteiger partial charge in [-0.25, -0.2) is 19.9 Å². The summed E-state index contributed by atoms with van der Waals surface area (Å²) >= 11 is 0. The molecule has 1 atom stereocenters. The summed E-state index contributed by atoms with van der Waals surface area (Å²) in [5.41, 5.74) is 0.0572. The van der Waals surface area contributed by atoms with Crippen molar-refractivity contribution in [2.75, 3.05) is 5.32 Å². The highest BCUT2D eigenvalue weighted by Crippen LogP contribution is 2.37. The molecule has 0 aliphatic carbocycles. The van der Waals surface area contributed by atoms with Gasteiger partial charge in [-0.3, -0.25) is 0 Å². The number of nitrogens with zero attached hydrogens (tertiary/aromatic N) is 4. The number of hydrogen-bond acceptors (Lipinski definition) is 5.